The molecular weight excluding hydrogens is 338 g/mol. The highest BCUT2D eigenvalue weighted by molar-refractivity contribution is 5.89. The molecule has 3 rings (SSSR count). The lowest BCUT2D eigenvalue weighted by atomic mass is 9.89. The Hall–Kier alpha value is -1.88. The van der Waals surface area contributed by atoms with Gasteiger partial charge in [0.25, 0.3) is 0 Å². The van der Waals surface area contributed by atoms with E-state index in [2.05, 4.69) is 35.2 Å². The summed E-state index contributed by atoms with van der Waals surface area (Å²) in [4.78, 5) is 31.1. The van der Waals surface area contributed by atoms with E-state index in [4.69, 9.17) is 0 Å². The monoisotopic (exact) mass is 371 g/mol. The van der Waals surface area contributed by atoms with E-state index in [-0.39, 0.29) is 17.7 Å². The van der Waals surface area contributed by atoms with Crippen molar-refractivity contribution in [3.63, 3.8) is 0 Å². The SMILES string of the molecule is CN(C)CCCN1CC(C(=O)N2CCC(Cc3ccccc3)CC2)CC1=O. The first-order chi connectivity index (χ1) is 13.0. The van der Waals surface area contributed by atoms with Crippen molar-refractivity contribution >= 4 is 11.8 Å². The summed E-state index contributed by atoms with van der Waals surface area (Å²) in [6.07, 6.45) is 4.58. The highest BCUT2D eigenvalue weighted by Gasteiger charge is 2.37. The molecular formula is C22H33N3O2. The quantitative estimate of drug-likeness (QED) is 0.739. The van der Waals surface area contributed by atoms with Crippen LogP contribution in [0.3, 0.4) is 0 Å². The third kappa shape index (κ3) is 5.55. The molecule has 1 atom stereocenters. The largest absolute Gasteiger partial charge is 0.342 e. The van der Waals surface area contributed by atoms with E-state index in [0.717, 1.165) is 51.9 Å². The van der Waals surface area contributed by atoms with Crippen LogP contribution in [0, 0.1) is 11.8 Å². The third-order valence-corrected chi connectivity index (χ3v) is 5.89. The molecule has 1 unspecified atom stereocenters. The number of piperidine rings is 1. The molecule has 27 heavy (non-hydrogen) atoms. The summed E-state index contributed by atoms with van der Waals surface area (Å²) in [6, 6.07) is 10.6. The van der Waals surface area contributed by atoms with Crippen molar-refractivity contribution in [2.45, 2.75) is 32.1 Å². The maximum Gasteiger partial charge on any atom is 0.227 e. The van der Waals surface area contributed by atoms with Gasteiger partial charge in [0.1, 0.15) is 0 Å². The van der Waals surface area contributed by atoms with Crippen LogP contribution < -0.4 is 0 Å². The summed E-state index contributed by atoms with van der Waals surface area (Å²) in [5, 5.41) is 0. The number of carbonyl (C=O) groups is 2. The first-order valence-corrected chi connectivity index (χ1v) is 10.3. The first-order valence-electron chi connectivity index (χ1n) is 10.3. The highest BCUT2D eigenvalue weighted by Crippen LogP contribution is 2.26. The molecule has 2 heterocycles. The second kappa shape index (κ2) is 9.36. The minimum atomic E-state index is -0.137. The number of hydrogen-bond donors (Lipinski definition) is 0. The lowest BCUT2D eigenvalue weighted by Gasteiger charge is -2.33. The lowest BCUT2D eigenvalue weighted by Crippen LogP contribution is -2.42. The van der Waals surface area contributed by atoms with E-state index in [1.54, 1.807) is 0 Å². The molecule has 2 aliphatic rings. The van der Waals surface area contributed by atoms with Crippen molar-refractivity contribution in [3.05, 3.63) is 35.9 Å². The van der Waals surface area contributed by atoms with Crippen molar-refractivity contribution in [2.75, 3.05) is 46.8 Å². The van der Waals surface area contributed by atoms with Crippen LogP contribution in [0.4, 0.5) is 0 Å². The number of likely N-dealkylation sites (tertiary alicyclic amines) is 2. The molecule has 0 saturated carbocycles. The molecule has 0 radical (unpaired) electrons. The van der Waals surface area contributed by atoms with Gasteiger partial charge in [-0.15, -0.1) is 0 Å². The van der Waals surface area contributed by atoms with Gasteiger partial charge < -0.3 is 14.7 Å². The molecule has 5 heteroatoms. The molecule has 0 bridgehead atoms. The van der Waals surface area contributed by atoms with Gasteiger partial charge in [-0.3, -0.25) is 9.59 Å². The van der Waals surface area contributed by atoms with E-state index in [1.807, 2.05) is 23.9 Å². The summed E-state index contributed by atoms with van der Waals surface area (Å²) in [5.74, 6) is 0.856. The first kappa shape index (κ1) is 19.9. The Morgan fingerprint density at radius 1 is 1.15 bits per heavy atom. The van der Waals surface area contributed by atoms with E-state index >= 15 is 0 Å². The van der Waals surface area contributed by atoms with Gasteiger partial charge in [0.15, 0.2) is 0 Å². The molecule has 1 aromatic rings. The average Bonchev–Trinajstić information content (AvgIpc) is 3.03. The average molecular weight is 372 g/mol. The Kier molecular flexibility index (Phi) is 6.89. The molecule has 1 aromatic carbocycles. The van der Waals surface area contributed by atoms with Gasteiger partial charge in [-0.05, 0) is 57.8 Å². The summed E-state index contributed by atoms with van der Waals surface area (Å²) < 4.78 is 0. The molecule has 0 aromatic heterocycles. The van der Waals surface area contributed by atoms with Gasteiger partial charge >= 0.3 is 0 Å². The minimum Gasteiger partial charge on any atom is -0.342 e. The molecule has 2 fully saturated rings. The third-order valence-electron chi connectivity index (χ3n) is 5.89. The number of nitrogens with zero attached hydrogens (tertiary/aromatic N) is 3. The Morgan fingerprint density at radius 2 is 1.85 bits per heavy atom. The highest BCUT2D eigenvalue weighted by atomic mass is 16.2. The summed E-state index contributed by atoms with van der Waals surface area (Å²) >= 11 is 0. The summed E-state index contributed by atoms with van der Waals surface area (Å²) in [5.41, 5.74) is 1.39. The number of amides is 2. The molecule has 0 N–H and O–H groups in total. The van der Waals surface area contributed by atoms with E-state index in [9.17, 15) is 9.59 Å². The number of carbonyl (C=O) groups excluding carboxylic acids is 2. The zero-order valence-corrected chi connectivity index (χ0v) is 16.8. The summed E-state index contributed by atoms with van der Waals surface area (Å²) in [6.45, 7) is 4.01. The predicted molar refractivity (Wildman–Crippen MR) is 107 cm³/mol. The second-order valence-corrected chi connectivity index (χ2v) is 8.36. The zero-order valence-electron chi connectivity index (χ0n) is 16.8. The fourth-order valence-corrected chi connectivity index (χ4v) is 4.29. The minimum absolute atomic E-state index is 0.137. The van der Waals surface area contributed by atoms with Crippen molar-refractivity contribution in [1.29, 1.82) is 0 Å². The number of hydrogen-bond acceptors (Lipinski definition) is 3. The molecule has 148 valence electrons. The zero-order chi connectivity index (χ0) is 19.2. The van der Waals surface area contributed by atoms with Crippen LogP contribution in [0.2, 0.25) is 0 Å². The number of benzene rings is 1. The van der Waals surface area contributed by atoms with Crippen LogP contribution in [-0.2, 0) is 16.0 Å². The number of rotatable bonds is 7. The van der Waals surface area contributed by atoms with Crippen LogP contribution in [0.5, 0.6) is 0 Å². The Morgan fingerprint density at radius 3 is 2.52 bits per heavy atom. The van der Waals surface area contributed by atoms with Gasteiger partial charge in [-0.1, -0.05) is 30.3 Å². The van der Waals surface area contributed by atoms with Gasteiger partial charge in [-0.25, -0.2) is 0 Å². The van der Waals surface area contributed by atoms with Crippen molar-refractivity contribution < 1.29 is 9.59 Å². The predicted octanol–water partition coefficient (Wildman–Crippen LogP) is 2.27. The van der Waals surface area contributed by atoms with Gasteiger partial charge in [0.2, 0.25) is 11.8 Å². The van der Waals surface area contributed by atoms with Crippen LogP contribution in [0.25, 0.3) is 0 Å². The molecule has 2 amide bonds. The lowest BCUT2D eigenvalue weighted by molar-refractivity contribution is -0.137. The smallest absolute Gasteiger partial charge is 0.227 e. The van der Waals surface area contributed by atoms with E-state index in [1.165, 1.54) is 5.56 Å². The Balaban J connectivity index is 1.43. The second-order valence-electron chi connectivity index (χ2n) is 8.36. The molecule has 5 nitrogen and oxygen atoms in total. The molecule has 0 spiro atoms. The maximum atomic E-state index is 12.9. The normalized spacial score (nSPS) is 21.3. The summed E-state index contributed by atoms with van der Waals surface area (Å²) in [7, 11) is 4.08. The van der Waals surface area contributed by atoms with Crippen molar-refractivity contribution in [2.24, 2.45) is 11.8 Å². The van der Waals surface area contributed by atoms with Crippen molar-refractivity contribution in [3.8, 4) is 0 Å². The standard InChI is InChI=1S/C22H33N3O2/c1-23(2)11-6-12-25-17-20(16-21(25)26)22(27)24-13-9-19(10-14-24)15-18-7-4-3-5-8-18/h3-5,7-8,19-20H,6,9-17H2,1-2H3. The molecule has 0 aliphatic carbocycles. The topological polar surface area (TPSA) is 43.9 Å². The Bertz CT molecular complexity index is 624. The molecule has 2 aliphatic heterocycles. The fourth-order valence-electron chi connectivity index (χ4n) is 4.29. The van der Waals surface area contributed by atoms with Crippen LogP contribution >= 0.6 is 0 Å². The van der Waals surface area contributed by atoms with E-state index < -0.39 is 0 Å². The van der Waals surface area contributed by atoms with Crippen LogP contribution in [0.15, 0.2) is 30.3 Å². The van der Waals surface area contributed by atoms with Crippen molar-refractivity contribution in [1.82, 2.24) is 14.7 Å². The fraction of sp³-hybridized carbons (Fsp3) is 0.636. The van der Waals surface area contributed by atoms with Gasteiger partial charge in [0, 0.05) is 32.6 Å². The Labute approximate surface area is 163 Å². The maximum absolute atomic E-state index is 12.9. The molecule has 2 saturated heterocycles. The van der Waals surface area contributed by atoms with Crippen LogP contribution in [0.1, 0.15) is 31.2 Å². The van der Waals surface area contributed by atoms with Crippen LogP contribution in [-0.4, -0.2) is 73.3 Å². The van der Waals surface area contributed by atoms with E-state index in [0.29, 0.717) is 18.9 Å². The van der Waals surface area contributed by atoms with Gasteiger partial charge in [-0.2, -0.15) is 0 Å². The van der Waals surface area contributed by atoms with Gasteiger partial charge in [0.05, 0.1) is 5.92 Å².